The van der Waals surface area contributed by atoms with Crippen molar-refractivity contribution < 1.29 is 116 Å². The average molecular weight is 989 g/mol. The Morgan fingerprint density at radius 2 is 0.697 bits per heavy atom. The molecule has 6 rings (SSSR count). The summed E-state index contributed by atoms with van der Waals surface area (Å²) in [6.45, 7) is 0. The molecule has 0 atom stereocenters. The van der Waals surface area contributed by atoms with Gasteiger partial charge in [-0.2, -0.15) is 26.3 Å². The van der Waals surface area contributed by atoms with Gasteiger partial charge in [0.1, 0.15) is 5.75 Å². The quantitative estimate of drug-likeness (QED) is 0.0837. The maximum Gasteiger partial charge on any atom is 0.349 e. The number of phenols is 1. The molecule has 0 spiro atoms. The van der Waals surface area contributed by atoms with Gasteiger partial charge in [-0.1, -0.05) is 10.3 Å². The normalized spacial score (nSPS) is 11.8. The van der Waals surface area contributed by atoms with Crippen molar-refractivity contribution >= 4 is 16.3 Å². The molecule has 0 bridgehead atoms. The van der Waals surface area contributed by atoms with Crippen LogP contribution in [0.1, 0.15) is 10.4 Å². The van der Waals surface area contributed by atoms with Crippen molar-refractivity contribution in [2.75, 3.05) is 12.5 Å². The number of rotatable bonds is 10. The smallest absolute Gasteiger partial charge is 0.349 e. The summed E-state index contributed by atoms with van der Waals surface area (Å²) in [4.78, 5) is 14.1. The lowest BCUT2D eigenvalue weighted by molar-refractivity contribution is 0.0759. The Bertz CT molecular complexity index is 2940. The number of hydrogen-bond donors (Lipinski definition) is 1. The van der Waals surface area contributed by atoms with Crippen LogP contribution in [-0.2, 0) is 4.18 Å². The highest BCUT2D eigenvalue weighted by Crippen LogP contribution is 2.57. The molecule has 6 nitrogen and oxygen atoms in total. The van der Waals surface area contributed by atoms with Crippen LogP contribution in [0.3, 0.4) is 0 Å². The number of carbonyl (C=O) groups excluding carboxylic acids is 1. The van der Waals surface area contributed by atoms with E-state index >= 15 is 43.9 Å². The van der Waals surface area contributed by atoms with Crippen LogP contribution in [0.4, 0.5) is 87.8 Å². The standard InChI is InChI=1S/C39H12F20O6S/c1-66(2,9-5-3-8(60)4-6-9)65-39(61)10-7-11(62-36-28(54)22(48)19(45)23(49)29(36)55)34(63-37-30(56)24(50)20(46)25(51)31(37)57)35(64-38-32(58)26(52)21(47)27(53)33(38)59)12(10)13-14(40)16(42)18(44)17(43)15(13)41/h3-7,60H,1-2H3. The third-order valence-corrected chi connectivity index (χ3v) is 10.7. The average Bonchev–Trinajstić information content (AvgIpc) is 3.28. The van der Waals surface area contributed by atoms with Crippen molar-refractivity contribution in [3.05, 3.63) is 152 Å². The van der Waals surface area contributed by atoms with Gasteiger partial charge in [0.15, 0.2) is 34.8 Å². The molecule has 0 fully saturated rings. The Hall–Kier alpha value is -7.06. The zero-order valence-corrected chi connectivity index (χ0v) is 32.2. The molecule has 0 unspecified atom stereocenters. The van der Waals surface area contributed by atoms with Crippen molar-refractivity contribution in [1.82, 2.24) is 0 Å². The monoisotopic (exact) mass is 988 g/mol. The molecule has 27 heteroatoms. The molecule has 0 saturated carbocycles. The Kier molecular flexibility index (Phi) is 12.8. The van der Waals surface area contributed by atoms with Crippen molar-refractivity contribution in [2.45, 2.75) is 4.90 Å². The van der Waals surface area contributed by atoms with E-state index < -0.39 is 196 Å². The largest absolute Gasteiger partial charge is 0.508 e. The molecule has 0 aromatic heterocycles. The molecule has 0 saturated heterocycles. The molecule has 66 heavy (non-hydrogen) atoms. The van der Waals surface area contributed by atoms with Gasteiger partial charge in [-0.15, -0.1) is 0 Å². The van der Waals surface area contributed by atoms with Crippen LogP contribution in [-0.4, -0.2) is 23.6 Å². The fourth-order valence-corrected chi connectivity index (χ4v) is 6.87. The van der Waals surface area contributed by atoms with Crippen LogP contribution in [0.2, 0.25) is 0 Å². The summed E-state index contributed by atoms with van der Waals surface area (Å²) in [6.07, 6.45) is 2.02. The van der Waals surface area contributed by atoms with Crippen LogP contribution in [0.25, 0.3) is 11.1 Å². The highest BCUT2D eigenvalue weighted by Gasteiger charge is 2.41. The summed E-state index contributed by atoms with van der Waals surface area (Å²) in [5.41, 5.74) is -7.12. The number of aromatic hydroxyl groups is 1. The molecule has 0 aliphatic heterocycles. The predicted octanol–water partition coefficient (Wildman–Crippen LogP) is 13.4. The topological polar surface area (TPSA) is 74.2 Å². The number of ether oxygens (including phenoxy) is 3. The second-order valence-corrected chi connectivity index (χ2v) is 16.1. The molecule has 1 N–H and O–H groups in total. The van der Waals surface area contributed by atoms with Gasteiger partial charge in [0.05, 0.1) is 11.1 Å². The molecule has 0 aliphatic rings. The van der Waals surface area contributed by atoms with Gasteiger partial charge in [-0.25, -0.2) is 66.3 Å². The first-order valence-electron chi connectivity index (χ1n) is 16.7. The number of hydrogen-bond acceptors (Lipinski definition) is 6. The Labute approximate surface area is 353 Å². The minimum Gasteiger partial charge on any atom is -0.508 e. The molecule has 0 radical (unpaired) electrons. The lowest BCUT2D eigenvalue weighted by Crippen LogP contribution is -2.15. The molecule has 0 aliphatic carbocycles. The van der Waals surface area contributed by atoms with E-state index in [9.17, 15) is 53.8 Å². The first-order valence-corrected chi connectivity index (χ1v) is 19.1. The van der Waals surface area contributed by atoms with Gasteiger partial charge in [0.2, 0.25) is 116 Å². The number of phenolic OH excluding ortho intramolecular Hbond substituents is 1. The Morgan fingerprint density at radius 1 is 0.394 bits per heavy atom. The SMILES string of the molecule is CS(C)(OC(=O)c1cc(Oc2c(F)c(F)c(F)c(F)c2F)c(Oc2c(F)c(F)c(F)c(F)c2F)c(Oc2c(F)c(F)c(F)c(F)c2F)c1-c1c(F)c(F)c(F)c(F)c1F)c1ccc(O)cc1. The molecular weight excluding hydrogens is 976 g/mol. The van der Waals surface area contributed by atoms with Crippen LogP contribution in [0, 0.1) is 116 Å². The van der Waals surface area contributed by atoms with Crippen LogP contribution in [0.5, 0.6) is 40.2 Å². The van der Waals surface area contributed by atoms with Crippen molar-refractivity contribution in [3.63, 3.8) is 0 Å². The Balaban J connectivity index is 1.89. The fraction of sp³-hybridized carbons (Fsp3) is 0.0513. The van der Waals surface area contributed by atoms with E-state index in [1.54, 1.807) is 0 Å². The zero-order chi connectivity index (χ0) is 49.3. The van der Waals surface area contributed by atoms with E-state index in [0.29, 0.717) is 0 Å². The summed E-state index contributed by atoms with van der Waals surface area (Å²) in [5, 5.41) is 9.70. The highest BCUT2D eigenvalue weighted by molar-refractivity contribution is 8.29. The van der Waals surface area contributed by atoms with E-state index in [1.807, 2.05) is 0 Å². The molecule has 0 heterocycles. The first kappa shape index (κ1) is 48.4. The van der Waals surface area contributed by atoms with Gasteiger partial charge < -0.3 is 23.5 Å². The third kappa shape index (κ3) is 7.93. The second-order valence-electron chi connectivity index (χ2n) is 13.0. The van der Waals surface area contributed by atoms with E-state index in [0.717, 1.165) is 36.8 Å². The molecule has 350 valence electrons. The summed E-state index contributed by atoms with van der Waals surface area (Å²) < 4.78 is 316. The highest BCUT2D eigenvalue weighted by atomic mass is 32.3. The van der Waals surface area contributed by atoms with Gasteiger partial charge in [-0.05, 0) is 24.3 Å². The van der Waals surface area contributed by atoms with Gasteiger partial charge in [-0.3, -0.25) is 0 Å². The first-order chi connectivity index (χ1) is 30.7. The van der Waals surface area contributed by atoms with E-state index in [1.165, 1.54) is 0 Å². The fourth-order valence-electron chi connectivity index (χ4n) is 5.51. The van der Waals surface area contributed by atoms with Gasteiger partial charge >= 0.3 is 5.97 Å². The lowest BCUT2D eigenvalue weighted by Gasteiger charge is -2.31. The van der Waals surface area contributed by atoms with Crippen molar-refractivity contribution in [1.29, 1.82) is 0 Å². The Morgan fingerprint density at radius 3 is 1.06 bits per heavy atom. The van der Waals surface area contributed by atoms with Crippen LogP contribution >= 0.6 is 10.3 Å². The zero-order valence-electron chi connectivity index (χ0n) is 31.3. The lowest BCUT2D eigenvalue weighted by atomic mass is 9.95. The van der Waals surface area contributed by atoms with Gasteiger partial charge in [0.25, 0.3) is 0 Å². The van der Waals surface area contributed by atoms with Crippen LogP contribution in [0.15, 0.2) is 35.2 Å². The summed E-state index contributed by atoms with van der Waals surface area (Å²) >= 11 is 0. The van der Waals surface area contributed by atoms with E-state index in [-0.39, 0.29) is 4.90 Å². The summed E-state index contributed by atoms with van der Waals surface area (Å²) in [7, 11) is -3.36. The maximum atomic E-state index is 15.9. The number of halogens is 20. The van der Waals surface area contributed by atoms with Crippen LogP contribution < -0.4 is 14.2 Å². The third-order valence-electron chi connectivity index (χ3n) is 8.70. The van der Waals surface area contributed by atoms with Crippen molar-refractivity contribution in [2.24, 2.45) is 0 Å². The summed E-state index contributed by atoms with van der Waals surface area (Å²) in [6, 6.07) is 3.54. The minimum atomic E-state index is -3.36. The van der Waals surface area contributed by atoms with Crippen molar-refractivity contribution in [3.8, 4) is 51.4 Å². The van der Waals surface area contributed by atoms with Gasteiger partial charge in [0, 0.05) is 29.0 Å². The maximum absolute atomic E-state index is 15.9. The van der Waals surface area contributed by atoms with E-state index in [2.05, 4.69) is 14.2 Å². The summed E-state index contributed by atoms with van der Waals surface area (Å²) in [5.74, 6) is -80.1. The van der Waals surface area contributed by atoms with E-state index in [4.69, 9.17) is 4.18 Å². The molecule has 6 aromatic carbocycles. The number of carbonyl (C=O) groups is 1. The second kappa shape index (κ2) is 17.4. The predicted molar refractivity (Wildman–Crippen MR) is 182 cm³/mol. The molecular formula is C39H12F20O6S. The number of benzene rings is 6. The molecule has 6 aromatic rings. The minimum absolute atomic E-state index is 0.131. The molecule has 0 amide bonds.